The molecule has 0 bridgehead atoms. The van der Waals surface area contributed by atoms with Gasteiger partial charge in [-0.05, 0) is 36.8 Å². The number of carbonyl (C=O) groups excluding carboxylic acids is 1. The van der Waals surface area contributed by atoms with Crippen molar-refractivity contribution >= 4 is 32.3 Å². The van der Waals surface area contributed by atoms with Crippen LogP contribution in [-0.2, 0) is 9.84 Å². The molecule has 1 heterocycles. The summed E-state index contributed by atoms with van der Waals surface area (Å²) in [5.74, 6) is -0.320. The molecule has 1 amide bonds. The first-order chi connectivity index (χ1) is 14.3. The van der Waals surface area contributed by atoms with Gasteiger partial charge < -0.3 is 5.32 Å². The Hall–Kier alpha value is -3.51. The Kier molecular flexibility index (Phi) is 5.10. The molecule has 0 aliphatic rings. The number of anilines is 1. The Balaban J connectivity index is 1.81. The molecule has 0 saturated carbocycles. The summed E-state index contributed by atoms with van der Waals surface area (Å²) in [6, 6.07) is 23.6. The molecule has 30 heavy (non-hydrogen) atoms. The van der Waals surface area contributed by atoms with Gasteiger partial charge in [0, 0.05) is 22.9 Å². The second-order valence-corrected chi connectivity index (χ2v) is 9.16. The van der Waals surface area contributed by atoms with Crippen molar-refractivity contribution in [1.82, 2.24) is 4.98 Å². The molecule has 0 unspecified atom stereocenters. The second kappa shape index (κ2) is 7.72. The van der Waals surface area contributed by atoms with Crippen molar-refractivity contribution in [3.05, 3.63) is 90.0 Å². The third-order valence-corrected chi connectivity index (χ3v) is 6.03. The van der Waals surface area contributed by atoms with E-state index in [1.807, 2.05) is 61.5 Å². The van der Waals surface area contributed by atoms with E-state index in [2.05, 4.69) is 5.32 Å². The third-order valence-electron chi connectivity index (χ3n) is 4.92. The maximum atomic E-state index is 13.2. The first-order valence-electron chi connectivity index (χ1n) is 9.40. The summed E-state index contributed by atoms with van der Waals surface area (Å²) < 4.78 is 23.8. The minimum absolute atomic E-state index is 0.160. The van der Waals surface area contributed by atoms with Crippen molar-refractivity contribution in [3.63, 3.8) is 0 Å². The molecule has 1 aromatic heterocycles. The molecule has 0 fully saturated rings. The number of rotatable bonds is 4. The molecule has 4 rings (SSSR count). The number of nitrogens with one attached hydrogen (secondary N) is 1. The van der Waals surface area contributed by atoms with Gasteiger partial charge in [-0.15, -0.1) is 0 Å². The SMILES string of the molecule is Cc1ccc(S(C)(=O)=O)cc1NC(=O)c1cc(-c2ccccc2)nc2ccccc12. The molecule has 0 spiro atoms. The fourth-order valence-electron chi connectivity index (χ4n) is 3.28. The van der Waals surface area contributed by atoms with Crippen LogP contribution >= 0.6 is 0 Å². The Morgan fingerprint density at radius 3 is 2.33 bits per heavy atom. The van der Waals surface area contributed by atoms with E-state index in [0.29, 0.717) is 22.5 Å². The Morgan fingerprint density at radius 1 is 0.900 bits per heavy atom. The number of nitrogens with zero attached hydrogens (tertiary/aromatic N) is 1. The summed E-state index contributed by atoms with van der Waals surface area (Å²) >= 11 is 0. The number of pyridine rings is 1. The lowest BCUT2D eigenvalue weighted by molar-refractivity contribution is 0.102. The monoisotopic (exact) mass is 416 g/mol. The van der Waals surface area contributed by atoms with E-state index < -0.39 is 9.84 Å². The lowest BCUT2D eigenvalue weighted by atomic mass is 10.0. The highest BCUT2D eigenvalue weighted by molar-refractivity contribution is 7.90. The number of hydrogen-bond donors (Lipinski definition) is 1. The van der Waals surface area contributed by atoms with Crippen molar-refractivity contribution in [2.75, 3.05) is 11.6 Å². The number of fused-ring (bicyclic) bond motifs is 1. The van der Waals surface area contributed by atoms with Crippen LogP contribution in [0.5, 0.6) is 0 Å². The Labute approximate surface area is 175 Å². The average molecular weight is 417 g/mol. The normalized spacial score (nSPS) is 11.4. The number of sulfone groups is 1. The topological polar surface area (TPSA) is 76.1 Å². The van der Waals surface area contributed by atoms with Gasteiger partial charge >= 0.3 is 0 Å². The standard InChI is InChI=1S/C24H20N2O3S/c1-16-12-13-18(30(2,28)29)14-22(16)26-24(27)20-15-23(17-8-4-3-5-9-17)25-21-11-7-6-10-19(20)21/h3-15H,1-2H3,(H,26,27). The molecule has 0 atom stereocenters. The highest BCUT2D eigenvalue weighted by Crippen LogP contribution is 2.27. The average Bonchev–Trinajstić information content (AvgIpc) is 2.74. The van der Waals surface area contributed by atoms with Crippen molar-refractivity contribution < 1.29 is 13.2 Å². The molecule has 1 N–H and O–H groups in total. The van der Waals surface area contributed by atoms with Gasteiger partial charge in [0.25, 0.3) is 5.91 Å². The largest absolute Gasteiger partial charge is 0.322 e. The van der Waals surface area contributed by atoms with E-state index in [9.17, 15) is 13.2 Å². The summed E-state index contributed by atoms with van der Waals surface area (Å²) in [6.07, 6.45) is 1.14. The zero-order valence-corrected chi connectivity index (χ0v) is 17.4. The quantitative estimate of drug-likeness (QED) is 0.515. The molecular weight excluding hydrogens is 396 g/mol. The highest BCUT2D eigenvalue weighted by atomic mass is 32.2. The molecule has 4 aromatic rings. The van der Waals surface area contributed by atoms with Crippen molar-refractivity contribution in [1.29, 1.82) is 0 Å². The summed E-state index contributed by atoms with van der Waals surface area (Å²) in [5, 5.41) is 3.61. The van der Waals surface area contributed by atoms with Gasteiger partial charge in [-0.25, -0.2) is 13.4 Å². The summed E-state index contributed by atoms with van der Waals surface area (Å²) in [4.78, 5) is 18.1. The molecule has 0 aliphatic heterocycles. The number of hydrogen-bond acceptors (Lipinski definition) is 4. The van der Waals surface area contributed by atoms with Gasteiger partial charge in [0.05, 0.1) is 21.7 Å². The number of benzene rings is 3. The first-order valence-corrected chi connectivity index (χ1v) is 11.3. The minimum atomic E-state index is -3.38. The maximum absolute atomic E-state index is 13.2. The van der Waals surface area contributed by atoms with Crippen LogP contribution in [0.4, 0.5) is 5.69 Å². The molecule has 0 radical (unpaired) electrons. The van der Waals surface area contributed by atoms with Crippen molar-refractivity contribution in [3.8, 4) is 11.3 Å². The summed E-state index contributed by atoms with van der Waals surface area (Å²) in [6.45, 7) is 1.82. The van der Waals surface area contributed by atoms with Crippen LogP contribution < -0.4 is 5.32 Å². The van der Waals surface area contributed by atoms with Crippen molar-refractivity contribution in [2.24, 2.45) is 0 Å². The van der Waals surface area contributed by atoms with E-state index in [1.165, 1.54) is 12.1 Å². The van der Waals surface area contributed by atoms with Crippen LogP contribution in [0, 0.1) is 6.92 Å². The Bertz CT molecular complexity index is 1360. The van der Waals surface area contributed by atoms with Gasteiger partial charge in [0.2, 0.25) is 0 Å². The van der Waals surface area contributed by atoms with Crippen LogP contribution in [0.2, 0.25) is 0 Å². The van der Waals surface area contributed by atoms with Crippen LogP contribution in [0.15, 0.2) is 83.8 Å². The molecule has 6 heteroatoms. The molecule has 5 nitrogen and oxygen atoms in total. The van der Waals surface area contributed by atoms with E-state index in [4.69, 9.17) is 4.98 Å². The van der Waals surface area contributed by atoms with E-state index >= 15 is 0 Å². The Morgan fingerprint density at radius 2 is 1.60 bits per heavy atom. The predicted molar refractivity (Wildman–Crippen MR) is 119 cm³/mol. The summed E-state index contributed by atoms with van der Waals surface area (Å²) in [7, 11) is -3.38. The fraction of sp³-hybridized carbons (Fsp3) is 0.0833. The number of aromatic nitrogens is 1. The highest BCUT2D eigenvalue weighted by Gasteiger charge is 2.16. The number of carbonyl (C=O) groups is 1. The van der Waals surface area contributed by atoms with E-state index in [1.54, 1.807) is 12.1 Å². The molecule has 3 aromatic carbocycles. The van der Waals surface area contributed by atoms with Gasteiger partial charge in [-0.2, -0.15) is 0 Å². The molecule has 150 valence electrons. The number of aryl methyl sites for hydroxylation is 1. The lowest BCUT2D eigenvalue weighted by Crippen LogP contribution is -2.14. The molecule has 0 saturated heterocycles. The van der Waals surface area contributed by atoms with Crippen LogP contribution in [0.1, 0.15) is 15.9 Å². The first kappa shape index (κ1) is 19.8. The van der Waals surface area contributed by atoms with Crippen LogP contribution in [-0.4, -0.2) is 25.6 Å². The number of para-hydroxylation sites is 1. The zero-order valence-electron chi connectivity index (χ0n) is 16.6. The lowest BCUT2D eigenvalue weighted by Gasteiger charge is -2.13. The van der Waals surface area contributed by atoms with Crippen LogP contribution in [0.3, 0.4) is 0 Å². The third kappa shape index (κ3) is 3.95. The van der Waals surface area contributed by atoms with Crippen LogP contribution in [0.25, 0.3) is 22.2 Å². The van der Waals surface area contributed by atoms with Gasteiger partial charge in [0.1, 0.15) is 0 Å². The molecule has 0 aliphatic carbocycles. The smallest absolute Gasteiger partial charge is 0.256 e. The van der Waals surface area contributed by atoms with Crippen molar-refractivity contribution in [2.45, 2.75) is 11.8 Å². The summed E-state index contributed by atoms with van der Waals surface area (Å²) in [5.41, 5.74) is 4.03. The maximum Gasteiger partial charge on any atom is 0.256 e. The number of amides is 1. The van der Waals surface area contributed by atoms with E-state index in [-0.39, 0.29) is 10.8 Å². The molecular formula is C24H20N2O3S. The van der Waals surface area contributed by atoms with E-state index in [0.717, 1.165) is 22.8 Å². The second-order valence-electron chi connectivity index (χ2n) is 7.14. The van der Waals surface area contributed by atoms with Gasteiger partial charge in [-0.3, -0.25) is 4.79 Å². The minimum Gasteiger partial charge on any atom is -0.322 e. The van der Waals surface area contributed by atoms with Gasteiger partial charge in [-0.1, -0.05) is 54.6 Å². The fourth-order valence-corrected chi connectivity index (χ4v) is 3.92. The predicted octanol–water partition coefficient (Wildman–Crippen LogP) is 4.87. The zero-order chi connectivity index (χ0) is 21.3. The van der Waals surface area contributed by atoms with Gasteiger partial charge in [0.15, 0.2) is 9.84 Å².